The van der Waals surface area contributed by atoms with Crippen molar-refractivity contribution in [2.75, 3.05) is 24.3 Å². The molecule has 1 amide bonds. The maximum absolute atomic E-state index is 13.1. The molecule has 0 fully saturated rings. The molecule has 9 nitrogen and oxygen atoms in total. The zero-order chi connectivity index (χ0) is 23.2. The number of carbonyl (C=O) groups is 2. The number of carboxylic acid groups (broad SMARTS) is 1. The number of hydrogen-bond acceptors (Lipinski definition) is 5. The molecule has 0 aliphatic carbocycles. The minimum atomic E-state index is -1.06. The first-order valence-electron chi connectivity index (χ1n) is 9.74. The zero-order valence-corrected chi connectivity index (χ0v) is 17.8. The van der Waals surface area contributed by atoms with Gasteiger partial charge in [0.1, 0.15) is 11.5 Å². The average molecular weight is 431 g/mol. The number of rotatable bonds is 4. The number of hydrogen-bond donors (Lipinski definition) is 3. The van der Waals surface area contributed by atoms with E-state index in [2.05, 4.69) is 22.0 Å². The third kappa shape index (κ3) is 3.49. The lowest BCUT2D eigenvalue weighted by molar-refractivity contribution is -0.110. The number of carboxylic acids is 1. The molecule has 2 heterocycles. The molecule has 1 aromatic heterocycles. The summed E-state index contributed by atoms with van der Waals surface area (Å²) in [5, 5.41) is 14.6. The number of nitrogens with one attached hydrogen (secondary N) is 2. The van der Waals surface area contributed by atoms with Gasteiger partial charge in [-0.25, -0.2) is 14.5 Å². The highest BCUT2D eigenvalue weighted by molar-refractivity contribution is 6.60. The third-order valence-electron chi connectivity index (χ3n) is 5.23. The van der Waals surface area contributed by atoms with E-state index < -0.39 is 17.4 Å². The normalized spacial score (nSPS) is 14.3. The first-order valence-corrected chi connectivity index (χ1v) is 9.74. The number of carbonyl (C=O) groups excluding carboxylic acids is 1. The van der Waals surface area contributed by atoms with Crippen molar-refractivity contribution in [2.24, 2.45) is 4.99 Å². The van der Waals surface area contributed by atoms with Gasteiger partial charge in [0.05, 0.1) is 22.5 Å². The summed E-state index contributed by atoms with van der Waals surface area (Å²) in [4.78, 5) is 43.3. The smallest absolute Gasteiger partial charge is 0.335 e. The molecule has 0 atom stereocenters. The molecule has 0 saturated heterocycles. The van der Waals surface area contributed by atoms with Crippen molar-refractivity contribution in [3.05, 3.63) is 76.1 Å². The van der Waals surface area contributed by atoms with Gasteiger partial charge in [-0.05, 0) is 55.0 Å². The monoisotopic (exact) mass is 431 g/mol. The molecule has 0 unspecified atom stereocenters. The van der Waals surface area contributed by atoms with E-state index in [-0.39, 0.29) is 28.2 Å². The minimum absolute atomic E-state index is 0.0580. The van der Waals surface area contributed by atoms with Crippen LogP contribution in [0, 0.1) is 6.92 Å². The SMILES string of the molecule is C=C1C(=Nc2ccc(N(C)C)cc2C)C(=O)Nc2[nH]n(-c3ccc(C(=O)O)cc3)c(=O)c21. The van der Waals surface area contributed by atoms with E-state index in [0.717, 1.165) is 11.3 Å². The van der Waals surface area contributed by atoms with Gasteiger partial charge < -0.3 is 15.3 Å². The summed E-state index contributed by atoms with van der Waals surface area (Å²) in [6, 6.07) is 11.5. The standard InChI is InChI=1S/C23H21N5O4/c1-12-11-16(27(3)4)9-10-17(12)24-19-13(2)18-20(25-21(19)29)26-28(22(18)30)15-7-5-14(6-8-15)23(31)32/h5-11,26H,2H2,1,3-4H3,(H,25,29)(H,31,32). The van der Waals surface area contributed by atoms with Crippen molar-refractivity contribution < 1.29 is 14.7 Å². The Bertz CT molecular complexity index is 1360. The Labute approximate surface area is 183 Å². The number of aryl methyl sites for hydroxylation is 1. The fraction of sp³-hybridized carbons (Fsp3) is 0.130. The molecule has 32 heavy (non-hydrogen) atoms. The third-order valence-corrected chi connectivity index (χ3v) is 5.23. The number of fused-ring (bicyclic) bond motifs is 1. The molecule has 1 aliphatic rings. The van der Waals surface area contributed by atoms with Gasteiger partial charge in [0.25, 0.3) is 11.5 Å². The van der Waals surface area contributed by atoms with Crippen LogP contribution in [-0.2, 0) is 4.79 Å². The van der Waals surface area contributed by atoms with Gasteiger partial charge in [0, 0.05) is 25.4 Å². The summed E-state index contributed by atoms with van der Waals surface area (Å²) >= 11 is 0. The topological polar surface area (TPSA) is 120 Å². The molecule has 3 N–H and O–H groups in total. The molecule has 162 valence electrons. The molecule has 9 heteroatoms. The molecule has 2 aromatic carbocycles. The van der Waals surface area contributed by atoms with Gasteiger partial charge in [0.2, 0.25) is 0 Å². The van der Waals surface area contributed by atoms with Gasteiger partial charge in [0.15, 0.2) is 0 Å². The number of aromatic nitrogens is 2. The first kappa shape index (κ1) is 20.9. The molecular weight excluding hydrogens is 410 g/mol. The summed E-state index contributed by atoms with van der Waals surface area (Å²) in [6.45, 7) is 5.85. The molecular formula is C23H21N5O4. The number of benzene rings is 2. The van der Waals surface area contributed by atoms with Gasteiger partial charge in [-0.1, -0.05) is 6.58 Å². The molecule has 0 bridgehead atoms. The summed E-state index contributed by atoms with van der Waals surface area (Å²) < 4.78 is 1.22. The van der Waals surface area contributed by atoms with E-state index in [1.165, 1.54) is 28.9 Å². The van der Waals surface area contributed by atoms with Crippen LogP contribution in [0.3, 0.4) is 0 Å². The zero-order valence-electron chi connectivity index (χ0n) is 17.8. The predicted octanol–water partition coefficient (Wildman–Crippen LogP) is 2.98. The molecule has 0 spiro atoms. The molecule has 1 aliphatic heterocycles. The van der Waals surface area contributed by atoms with E-state index in [4.69, 9.17) is 5.11 Å². The van der Waals surface area contributed by atoms with Crippen LogP contribution in [-0.4, -0.2) is 46.6 Å². The van der Waals surface area contributed by atoms with Crippen molar-refractivity contribution in [2.45, 2.75) is 6.92 Å². The highest BCUT2D eigenvalue weighted by atomic mass is 16.4. The number of amides is 1. The van der Waals surface area contributed by atoms with Gasteiger partial charge in [-0.2, -0.15) is 0 Å². The second kappa shape index (κ2) is 7.69. The highest BCUT2D eigenvalue weighted by Crippen LogP contribution is 2.29. The Morgan fingerprint density at radius 3 is 2.41 bits per heavy atom. The lowest BCUT2D eigenvalue weighted by atomic mass is 10.0. The van der Waals surface area contributed by atoms with Crippen LogP contribution in [0.1, 0.15) is 21.5 Å². The summed E-state index contributed by atoms with van der Waals surface area (Å²) in [5.41, 5.74) is 3.04. The first-order chi connectivity index (χ1) is 15.2. The minimum Gasteiger partial charge on any atom is -0.478 e. The lowest BCUT2D eigenvalue weighted by Gasteiger charge is -2.17. The quantitative estimate of drug-likeness (QED) is 0.587. The summed E-state index contributed by atoms with van der Waals surface area (Å²) in [6.07, 6.45) is 0. The van der Waals surface area contributed by atoms with E-state index >= 15 is 0 Å². The largest absolute Gasteiger partial charge is 0.478 e. The molecule has 0 saturated carbocycles. The Hall–Kier alpha value is -4.40. The fourth-order valence-electron chi connectivity index (χ4n) is 3.45. The predicted molar refractivity (Wildman–Crippen MR) is 124 cm³/mol. The Morgan fingerprint density at radius 2 is 1.81 bits per heavy atom. The van der Waals surface area contributed by atoms with E-state index in [1.54, 1.807) is 0 Å². The summed E-state index contributed by atoms with van der Waals surface area (Å²) in [7, 11) is 3.87. The highest BCUT2D eigenvalue weighted by Gasteiger charge is 2.31. The van der Waals surface area contributed by atoms with Crippen LogP contribution < -0.4 is 15.8 Å². The van der Waals surface area contributed by atoms with Crippen LogP contribution >= 0.6 is 0 Å². The Morgan fingerprint density at radius 1 is 1.12 bits per heavy atom. The number of H-pyrrole nitrogens is 1. The van der Waals surface area contributed by atoms with E-state index in [0.29, 0.717) is 11.4 Å². The number of aromatic carboxylic acids is 1. The average Bonchev–Trinajstić information content (AvgIpc) is 3.08. The van der Waals surface area contributed by atoms with Crippen LogP contribution in [0.2, 0.25) is 0 Å². The molecule has 4 rings (SSSR count). The lowest BCUT2D eigenvalue weighted by Crippen LogP contribution is -2.30. The fourth-order valence-corrected chi connectivity index (χ4v) is 3.45. The van der Waals surface area contributed by atoms with Crippen LogP contribution in [0.25, 0.3) is 11.3 Å². The van der Waals surface area contributed by atoms with E-state index in [1.807, 2.05) is 44.1 Å². The Balaban J connectivity index is 1.75. The van der Waals surface area contributed by atoms with Gasteiger partial charge in [-0.15, -0.1) is 0 Å². The van der Waals surface area contributed by atoms with Crippen molar-refractivity contribution in [3.63, 3.8) is 0 Å². The van der Waals surface area contributed by atoms with Crippen LogP contribution in [0.4, 0.5) is 17.2 Å². The maximum Gasteiger partial charge on any atom is 0.335 e. The van der Waals surface area contributed by atoms with Crippen molar-refractivity contribution >= 4 is 40.4 Å². The second-order valence-corrected chi connectivity index (χ2v) is 7.61. The van der Waals surface area contributed by atoms with Crippen molar-refractivity contribution in [1.82, 2.24) is 9.78 Å². The maximum atomic E-state index is 13.1. The van der Waals surface area contributed by atoms with Crippen molar-refractivity contribution in [3.8, 4) is 5.69 Å². The number of anilines is 2. The van der Waals surface area contributed by atoms with Crippen LogP contribution in [0.15, 0.2) is 58.8 Å². The number of aliphatic imine (C=N–C) groups is 1. The summed E-state index contributed by atoms with van der Waals surface area (Å²) in [5.74, 6) is -1.33. The number of nitrogens with zero attached hydrogens (tertiary/aromatic N) is 3. The molecule has 3 aromatic rings. The Kier molecular flexibility index (Phi) is 5.01. The second-order valence-electron chi connectivity index (χ2n) is 7.61. The number of aromatic amines is 1. The van der Waals surface area contributed by atoms with Crippen LogP contribution in [0.5, 0.6) is 0 Å². The van der Waals surface area contributed by atoms with Crippen molar-refractivity contribution in [1.29, 1.82) is 0 Å². The van der Waals surface area contributed by atoms with E-state index in [9.17, 15) is 14.4 Å². The van der Waals surface area contributed by atoms with Gasteiger partial charge in [-0.3, -0.25) is 14.7 Å². The molecule has 0 radical (unpaired) electrons. The van der Waals surface area contributed by atoms with Gasteiger partial charge >= 0.3 is 5.97 Å².